The highest BCUT2D eigenvalue weighted by molar-refractivity contribution is 7.17. The van der Waals surface area contributed by atoms with Crippen LogP contribution in [0.25, 0.3) is 21.3 Å². The van der Waals surface area contributed by atoms with Crippen molar-refractivity contribution in [2.45, 2.75) is 43.9 Å². The fourth-order valence-electron chi connectivity index (χ4n) is 4.94. The van der Waals surface area contributed by atoms with Crippen molar-refractivity contribution in [2.75, 3.05) is 18.9 Å². The number of nitrogens with two attached hydrogens (primary N) is 1. The smallest absolute Gasteiger partial charge is 0.168 e. The van der Waals surface area contributed by atoms with Gasteiger partial charge in [0.15, 0.2) is 5.79 Å². The Balaban J connectivity index is 1.33. The summed E-state index contributed by atoms with van der Waals surface area (Å²) in [5.41, 5.74) is 9.60. The Morgan fingerprint density at radius 1 is 1.09 bits per heavy atom. The van der Waals surface area contributed by atoms with Gasteiger partial charge in [-0.25, -0.2) is 9.97 Å². The van der Waals surface area contributed by atoms with E-state index in [0.29, 0.717) is 24.9 Å². The Labute approximate surface area is 190 Å². The molecule has 2 N–H and O–H groups in total. The molecule has 1 aromatic carbocycles. The van der Waals surface area contributed by atoms with Gasteiger partial charge in [0.05, 0.1) is 41.7 Å². The Hall–Kier alpha value is -2.81. The van der Waals surface area contributed by atoms with Crippen LogP contribution < -0.4 is 5.73 Å². The predicted molar refractivity (Wildman–Crippen MR) is 124 cm³/mol. The number of rotatable bonds is 4. The predicted octanol–water partition coefficient (Wildman–Crippen LogP) is 4.59. The van der Waals surface area contributed by atoms with Crippen molar-refractivity contribution < 1.29 is 9.47 Å². The van der Waals surface area contributed by atoms with E-state index < -0.39 is 0 Å². The van der Waals surface area contributed by atoms with Gasteiger partial charge in [-0.3, -0.25) is 4.68 Å². The van der Waals surface area contributed by atoms with Crippen LogP contribution >= 0.6 is 11.3 Å². The molecule has 1 saturated heterocycles. The van der Waals surface area contributed by atoms with Gasteiger partial charge in [-0.05, 0) is 24.3 Å². The number of anilines is 1. The van der Waals surface area contributed by atoms with Crippen molar-refractivity contribution in [1.82, 2.24) is 19.7 Å². The zero-order valence-corrected chi connectivity index (χ0v) is 18.6. The van der Waals surface area contributed by atoms with E-state index in [9.17, 15) is 0 Å². The monoisotopic (exact) mass is 447 g/mol. The van der Waals surface area contributed by atoms with Gasteiger partial charge in [0.1, 0.15) is 12.1 Å². The summed E-state index contributed by atoms with van der Waals surface area (Å²) in [6, 6.07) is 10.3. The average Bonchev–Trinajstić information content (AvgIpc) is 3.55. The first kappa shape index (κ1) is 19.8. The fourth-order valence-corrected chi connectivity index (χ4v) is 6.34. The minimum atomic E-state index is -0.362. The number of fused-ring (bicyclic) bond motifs is 1. The van der Waals surface area contributed by atoms with Crippen LogP contribution in [0.1, 0.15) is 42.0 Å². The molecule has 1 spiro atoms. The van der Waals surface area contributed by atoms with Crippen LogP contribution in [0.5, 0.6) is 0 Å². The van der Waals surface area contributed by atoms with E-state index in [0.717, 1.165) is 53.6 Å². The summed E-state index contributed by atoms with van der Waals surface area (Å²) in [7, 11) is 0. The Morgan fingerprint density at radius 3 is 2.66 bits per heavy atom. The number of benzene rings is 1. The molecule has 2 aliphatic rings. The quantitative estimate of drug-likeness (QED) is 0.492. The Bertz CT molecular complexity index is 1240. The molecule has 32 heavy (non-hydrogen) atoms. The van der Waals surface area contributed by atoms with E-state index in [1.807, 2.05) is 29.1 Å². The molecule has 164 valence electrons. The van der Waals surface area contributed by atoms with Crippen LogP contribution in [0.3, 0.4) is 0 Å². The zero-order chi connectivity index (χ0) is 21.5. The van der Waals surface area contributed by atoms with Gasteiger partial charge in [-0.1, -0.05) is 30.3 Å². The van der Waals surface area contributed by atoms with Crippen LogP contribution in [0, 0.1) is 0 Å². The lowest BCUT2D eigenvalue weighted by molar-refractivity contribution is -0.178. The molecule has 2 fully saturated rings. The third kappa shape index (κ3) is 3.48. The summed E-state index contributed by atoms with van der Waals surface area (Å²) in [5.74, 6) is 0.584. The van der Waals surface area contributed by atoms with Crippen molar-refractivity contribution in [3.8, 4) is 10.4 Å². The minimum absolute atomic E-state index is 0.362. The molecule has 4 heterocycles. The van der Waals surface area contributed by atoms with E-state index in [1.165, 1.54) is 10.4 Å². The second-order valence-corrected chi connectivity index (χ2v) is 9.62. The molecule has 1 saturated carbocycles. The highest BCUT2D eigenvalue weighted by Gasteiger charge is 2.41. The van der Waals surface area contributed by atoms with Crippen molar-refractivity contribution in [1.29, 1.82) is 0 Å². The third-order valence-electron chi connectivity index (χ3n) is 6.56. The van der Waals surface area contributed by atoms with E-state index in [4.69, 9.17) is 15.2 Å². The molecule has 6 rings (SSSR count). The van der Waals surface area contributed by atoms with Crippen LogP contribution in [0.4, 0.5) is 5.82 Å². The topological polar surface area (TPSA) is 88.1 Å². The SMILES string of the molecule is Nc1ncnc2c(C3CCC4(CC3)OCCO4)sc(-c3cnn(Cc4ccccc4)c3)c12. The van der Waals surface area contributed by atoms with Crippen molar-refractivity contribution in [3.05, 3.63) is 59.5 Å². The first-order chi connectivity index (χ1) is 15.7. The van der Waals surface area contributed by atoms with Gasteiger partial charge >= 0.3 is 0 Å². The lowest BCUT2D eigenvalue weighted by Gasteiger charge is -2.35. The summed E-state index contributed by atoms with van der Waals surface area (Å²) < 4.78 is 13.8. The number of nitrogen functional groups attached to an aromatic ring is 1. The zero-order valence-electron chi connectivity index (χ0n) is 17.7. The van der Waals surface area contributed by atoms with Gasteiger partial charge in [0.2, 0.25) is 0 Å². The normalized spacial score (nSPS) is 18.6. The average molecular weight is 448 g/mol. The van der Waals surface area contributed by atoms with Gasteiger partial charge in [-0.2, -0.15) is 5.10 Å². The third-order valence-corrected chi connectivity index (χ3v) is 7.95. The molecule has 0 unspecified atom stereocenters. The second kappa shape index (κ2) is 7.95. The Morgan fingerprint density at radius 2 is 1.88 bits per heavy atom. The van der Waals surface area contributed by atoms with Crippen molar-refractivity contribution in [2.24, 2.45) is 0 Å². The van der Waals surface area contributed by atoms with Crippen molar-refractivity contribution >= 4 is 28.1 Å². The molecule has 1 aliphatic carbocycles. The maximum atomic E-state index is 6.35. The van der Waals surface area contributed by atoms with Crippen LogP contribution in [-0.4, -0.2) is 38.7 Å². The van der Waals surface area contributed by atoms with E-state index >= 15 is 0 Å². The number of hydrogen-bond donors (Lipinski definition) is 1. The summed E-state index contributed by atoms with van der Waals surface area (Å²) in [4.78, 5) is 11.3. The fraction of sp³-hybridized carbons (Fsp3) is 0.375. The van der Waals surface area contributed by atoms with Crippen molar-refractivity contribution in [3.63, 3.8) is 0 Å². The maximum Gasteiger partial charge on any atom is 0.168 e. The van der Waals surface area contributed by atoms with E-state index in [2.05, 4.69) is 33.4 Å². The Kier molecular flexibility index (Phi) is 4.93. The minimum Gasteiger partial charge on any atom is -0.383 e. The highest BCUT2D eigenvalue weighted by Crippen LogP contribution is 2.49. The molecule has 7 nitrogen and oxygen atoms in total. The van der Waals surface area contributed by atoms with Gasteiger partial charge < -0.3 is 15.2 Å². The summed E-state index contributed by atoms with van der Waals surface area (Å²) in [5, 5.41) is 5.55. The standard InChI is InChI=1S/C24H25N5O2S/c25-23-19-20(26-15-27-23)22(17-6-8-24(9-7-17)30-10-11-31-24)32-21(19)18-12-28-29(14-18)13-16-4-2-1-3-5-16/h1-5,12,14-15,17H,6-11,13H2,(H2,25,26,27). The molecule has 0 radical (unpaired) electrons. The largest absolute Gasteiger partial charge is 0.383 e. The molecule has 0 bridgehead atoms. The number of aromatic nitrogens is 4. The van der Waals surface area contributed by atoms with Gasteiger partial charge in [0.25, 0.3) is 0 Å². The number of thiophene rings is 1. The van der Waals surface area contributed by atoms with Crippen LogP contribution in [0.15, 0.2) is 49.1 Å². The van der Waals surface area contributed by atoms with E-state index in [1.54, 1.807) is 17.7 Å². The summed E-state index contributed by atoms with van der Waals surface area (Å²) in [6.45, 7) is 2.13. The lowest BCUT2D eigenvalue weighted by atomic mass is 9.84. The molecule has 8 heteroatoms. The number of nitrogens with zero attached hydrogens (tertiary/aromatic N) is 4. The van der Waals surface area contributed by atoms with Crippen LogP contribution in [-0.2, 0) is 16.0 Å². The van der Waals surface area contributed by atoms with Gasteiger partial charge in [0, 0.05) is 29.5 Å². The molecule has 3 aromatic heterocycles. The highest BCUT2D eigenvalue weighted by atomic mass is 32.1. The molecule has 4 aromatic rings. The number of hydrogen-bond acceptors (Lipinski definition) is 7. The lowest BCUT2D eigenvalue weighted by Crippen LogP contribution is -2.34. The van der Waals surface area contributed by atoms with Gasteiger partial charge in [-0.15, -0.1) is 11.3 Å². The second-order valence-electron chi connectivity index (χ2n) is 8.57. The molecule has 1 aliphatic heterocycles. The molecule has 0 atom stereocenters. The molecular formula is C24H25N5O2S. The van der Waals surface area contributed by atoms with Crippen LogP contribution in [0.2, 0.25) is 0 Å². The summed E-state index contributed by atoms with van der Waals surface area (Å²) in [6.07, 6.45) is 9.46. The molecular weight excluding hydrogens is 422 g/mol. The first-order valence-electron chi connectivity index (χ1n) is 11.1. The van der Waals surface area contributed by atoms with E-state index in [-0.39, 0.29) is 5.79 Å². The first-order valence-corrected chi connectivity index (χ1v) is 11.9. The molecule has 0 amide bonds. The summed E-state index contributed by atoms with van der Waals surface area (Å²) >= 11 is 1.78. The maximum absolute atomic E-state index is 6.35. The number of ether oxygens (including phenoxy) is 2.